The summed E-state index contributed by atoms with van der Waals surface area (Å²) in [7, 11) is -2.05. The second-order valence-electron chi connectivity index (χ2n) is 9.86. The first-order valence-corrected chi connectivity index (χ1v) is 13.7. The Morgan fingerprint density at radius 1 is 1.07 bits per heavy atom. The Bertz CT molecular complexity index is 1670. The van der Waals surface area contributed by atoms with Crippen LogP contribution >= 0.6 is 11.6 Å². The van der Waals surface area contributed by atoms with Gasteiger partial charge in [0.2, 0.25) is 5.88 Å². The predicted molar refractivity (Wildman–Crippen MR) is 139 cm³/mol. The average molecular weight is 628 g/mol. The van der Waals surface area contributed by atoms with E-state index in [9.17, 15) is 34.8 Å². The maximum Gasteiger partial charge on any atom is 0.422 e. The predicted octanol–water partition coefficient (Wildman–Crippen LogP) is 6.44. The summed E-state index contributed by atoms with van der Waals surface area (Å²) in [5.74, 6) is -0.412. The van der Waals surface area contributed by atoms with Crippen LogP contribution in [0, 0.1) is 0 Å². The highest BCUT2D eigenvalue weighted by Crippen LogP contribution is 2.40. The molecule has 9 nitrogen and oxygen atoms in total. The molecule has 0 unspecified atom stereocenters. The number of H-pyrrole nitrogens is 1. The lowest BCUT2D eigenvalue weighted by molar-refractivity contribution is -0.153. The third kappa shape index (κ3) is 8.10. The molecule has 0 spiro atoms. The maximum atomic E-state index is 13.6. The molecule has 0 radical (unpaired) electrons. The van der Waals surface area contributed by atoms with Crippen molar-refractivity contribution in [1.29, 1.82) is 0 Å². The van der Waals surface area contributed by atoms with Gasteiger partial charge in [0.05, 0.1) is 33.7 Å². The van der Waals surface area contributed by atoms with Gasteiger partial charge in [0.15, 0.2) is 12.4 Å². The Morgan fingerprint density at radius 2 is 1.66 bits per heavy atom. The largest absolute Gasteiger partial charge is 0.466 e. The topological polar surface area (TPSA) is 123 Å². The summed E-state index contributed by atoms with van der Waals surface area (Å²) in [6, 6.07) is 5.85. The number of benzene rings is 1. The molecule has 0 bridgehead atoms. The molecule has 4 aromatic rings. The van der Waals surface area contributed by atoms with E-state index in [1.807, 2.05) is 20.8 Å². The molecule has 41 heavy (non-hydrogen) atoms. The Morgan fingerprint density at radius 3 is 2.17 bits per heavy atom. The number of fused-ring (bicyclic) bond motifs is 1. The van der Waals surface area contributed by atoms with Gasteiger partial charge in [-0.15, -0.1) is 0 Å². The molecule has 224 valence electrons. The Balaban J connectivity index is 0.000000850. The van der Waals surface area contributed by atoms with Crippen LogP contribution < -0.4 is 4.74 Å². The Hall–Kier alpha value is -3.37. The number of pyridine rings is 1. The van der Waals surface area contributed by atoms with E-state index in [0.717, 1.165) is 6.07 Å². The summed E-state index contributed by atoms with van der Waals surface area (Å²) >= 11 is 6.57. The summed E-state index contributed by atoms with van der Waals surface area (Å²) in [5, 5.41) is 4.70. The van der Waals surface area contributed by atoms with Crippen molar-refractivity contribution in [2.75, 3.05) is 12.9 Å². The van der Waals surface area contributed by atoms with Crippen LogP contribution in [0.1, 0.15) is 32.0 Å². The highest BCUT2D eigenvalue weighted by atomic mass is 35.5. The molecule has 1 aromatic carbocycles. The summed E-state index contributed by atoms with van der Waals surface area (Å²) < 4.78 is 112. The normalized spacial score (nSPS) is 12.8. The van der Waals surface area contributed by atoms with Gasteiger partial charge in [0.1, 0.15) is 11.2 Å². The monoisotopic (exact) mass is 627 g/mol. The van der Waals surface area contributed by atoms with Crippen molar-refractivity contribution in [2.24, 2.45) is 7.05 Å². The number of alkyl halides is 6. The van der Waals surface area contributed by atoms with Crippen LogP contribution in [0.4, 0.5) is 26.3 Å². The highest BCUT2D eigenvalue weighted by Gasteiger charge is 2.35. The number of hydrogen-bond donors (Lipinski definition) is 2. The van der Waals surface area contributed by atoms with Gasteiger partial charge in [-0.25, -0.2) is 9.97 Å². The first-order valence-electron chi connectivity index (χ1n) is 11.5. The van der Waals surface area contributed by atoms with Gasteiger partial charge in [0.25, 0.3) is 10.1 Å². The van der Waals surface area contributed by atoms with E-state index in [0.29, 0.717) is 17.6 Å². The van der Waals surface area contributed by atoms with Gasteiger partial charge in [-0.3, -0.25) is 9.23 Å². The van der Waals surface area contributed by atoms with Crippen molar-refractivity contribution in [3.05, 3.63) is 46.6 Å². The first-order chi connectivity index (χ1) is 18.6. The van der Waals surface area contributed by atoms with Crippen LogP contribution in [0.15, 0.2) is 30.3 Å². The van der Waals surface area contributed by atoms with Gasteiger partial charge in [-0.2, -0.15) is 39.9 Å². The van der Waals surface area contributed by atoms with Crippen LogP contribution in [-0.4, -0.2) is 56.7 Å². The van der Waals surface area contributed by atoms with E-state index < -0.39 is 45.9 Å². The van der Waals surface area contributed by atoms with Crippen molar-refractivity contribution in [3.8, 4) is 28.7 Å². The molecule has 0 atom stereocenters. The summed E-state index contributed by atoms with van der Waals surface area (Å²) in [6.45, 7) is 4.01. The zero-order chi connectivity index (χ0) is 31.1. The Kier molecular flexibility index (Phi) is 8.73. The van der Waals surface area contributed by atoms with E-state index in [2.05, 4.69) is 20.1 Å². The zero-order valence-corrected chi connectivity index (χ0v) is 23.7. The van der Waals surface area contributed by atoms with Gasteiger partial charge >= 0.3 is 12.4 Å². The standard InChI is InChI=1S/C23H20ClF6N5O.CH4O3S/c1-21(2,3)18-15(24)17(35(4)34-18)19-31-14-9-13(11-7-5-6-8-12(11)23(28,29)30)32-20(16(14)33-19)36-10-22(25,26)27;1-5(2,3)4/h5-9H,10H2,1-4H3,(H,31,33);1H3,(H,2,3,4). The molecule has 3 aromatic heterocycles. The minimum absolute atomic E-state index is 0.0305. The number of halogens is 7. The number of hydrogen-bond acceptors (Lipinski definition) is 6. The highest BCUT2D eigenvalue weighted by molar-refractivity contribution is 7.85. The molecule has 0 amide bonds. The molecule has 0 saturated carbocycles. The smallest absolute Gasteiger partial charge is 0.422 e. The van der Waals surface area contributed by atoms with E-state index in [1.165, 1.54) is 28.9 Å². The molecule has 0 fully saturated rings. The van der Waals surface area contributed by atoms with Crippen LogP contribution in [0.5, 0.6) is 5.88 Å². The van der Waals surface area contributed by atoms with E-state index in [-0.39, 0.29) is 33.1 Å². The maximum absolute atomic E-state index is 13.6. The molecular formula is C24H24ClF6N5O4S. The van der Waals surface area contributed by atoms with Gasteiger partial charge < -0.3 is 9.72 Å². The lowest BCUT2D eigenvalue weighted by atomic mass is 9.92. The molecular weight excluding hydrogens is 604 g/mol. The van der Waals surface area contributed by atoms with Crippen molar-refractivity contribution in [3.63, 3.8) is 0 Å². The SMILES string of the molecule is CS(=O)(=O)O.Cn1nc(C(C)(C)C)c(Cl)c1-c1nc2cc(-c3ccccc3C(F)(F)F)nc(OCC(F)(F)F)c2[nH]1. The molecule has 4 rings (SSSR count). The number of ether oxygens (including phenoxy) is 1. The van der Waals surface area contributed by atoms with E-state index >= 15 is 0 Å². The minimum atomic E-state index is -4.72. The molecule has 0 saturated heterocycles. The second kappa shape index (κ2) is 11.1. The molecule has 0 aliphatic heterocycles. The van der Waals surface area contributed by atoms with Crippen molar-refractivity contribution >= 4 is 32.8 Å². The van der Waals surface area contributed by atoms with Crippen LogP contribution in [0.3, 0.4) is 0 Å². The number of imidazole rings is 1. The number of aryl methyl sites for hydroxylation is 1. The fraction of sp³-hybridized carbons (Fsp3) is 0.375. The summed E-state index contributed by atoms with van der Waals surface area (Å²) in [5.41, 5.74) is -1.09. The molecule has 17 heteroatoms. The van der Waals surface area contributed by atoms with Crippen molar-refractivity contribution in [1.82, 2.24) is 24.7 Å². The van der Waals surface area contributed by atoms with Crippen molar-refractivity contribution < 1.29 is 44.0 Å². The number of aromatic amines is 1. The number of aromatic nitrogens is 5. The summed E-state index contributed by atoms with van der Waals surface area (Å²) in [6.07, 6.45) is -8.71. The Labute approximate surface area is 235 Å². The number of rotatable bonds is 4. The van der Waals surface area contributed by atoms with E-state index in [4.69, 9.17) is 20.9 Å². The second-order valence-corrected chi connectivity index (χ2v) is 11.7. The molecule has 0 aliphatic rings. The van der Waals surface area contributed by atoms with Crippen LogP contribution in [0.2, 0.25) is 5.02 Å². The lowest BCUT2D eigenvalue weighted by Crippen LogP contribution is -2.20. The third-order valence-corrected chi connectivity index (χ3v) is 5.60. The summed E-state index contributed by atoms with van der Waals surface area (Å²) in [4.78, 5) is 11.2. The van der Waals surface area contributed by atoms with Crippen molar-refractivity contribution in [2.45, 2.75) is 38.5 Å². The average Bonchev–Trinajstić information content (AvgIpc) is 3.34. The van der Waals surface area contributed by atoms with Crippen LogP contribution in [-0.2, 0) is 28.8 Å². The van der Waals surface area contributed by atoms with Gasteiger partial charge in [-0.1, -0.05) is 50.6 Å². The quantitative estimate of drug-likeness (QED) is 0.197. The van der Waals surface area contributed by atoms with Gasteiger partial charge in [-0.05, 0) is 12.1 Å². The fourth-order valence-corrected chi connectivity index (χ4v) is 4.21. The third-order valence-electron chi connectivity index (χ3n) is 5.25. The first kappa shape index (κ1) is 32.1. The minimum Gasteiger partial charge on any atom is -0.466 e. The molecule has 0 aliphatic carbocycles. The van der Waals surface area contributed by atoms with E-state index in [1.54, 1.807) is 7.05 Å². The lowest BCUT2D eigenvalue weighted by Gasteiger charge is -2.15. The number of nitrogens with one attached hydrogen (secondary N) is 1. The number of nitrogens with zero attached hydrogens (tertiary/aromatic N) is 4. The fourth-order valence-electron chi connectivity index (χ4n) is 3.67. The molecule has 2 N–H and O–H groups in total. The van der Waals surface area contributed by atoms with Gasteiger partial charge in [0, 0.05) is 18.0 Å². The molecule has 3 heterocycles. The van der Waals surface area contributed by atoms with Crippen LogP contribution in [0.25, 0.3) is 33.8 Å². The zero-order valence-electron chi connectivity index (χ0n) is 22.1.